The van der Waals surface area contributed by atoms with Gasteiger partial charge in [0.05, 0.1) is 0 Å². The second-order valence-corrected chi connectivity index (χ2v) is 8.36. The predicted molar refractivity (Wildman–Crippen MR) is 128 cm³/mol. The van der Waals surface area contributed by atoms with E-state index in [4.69, 9.17) is 0 Å². The fourth-order valence-corrected chi connectivity index (χ4v) is 3.69. The van der Waals surface area contributed by atoms with E-state index in [1.807, 2.05) is 0 Å². The molecule has 0 bridgehead atoms. The molecule has 0 aliphatic heterocycles. The molecule has 0 saturated carbocycles. The smallest absolute Gasteiger partial charge is 0.331 e. The third kappa shape index (κ3) is 13.4. The van der Waals surface area contributed by atoms with Crippen LogP contribution in [0.5, 0.6) is 0 Å². The minimum atomic E-state index is -1.06. The van der Waals surface area contributed by atoms with Crippen LogP contribution in [0.3, 0.4) is 0 Å². The summed E-state index contributed by atoms with van der Waals surface area (Å²) >= 11 is 0. The van der Waals surface area contributed by atoms with Crippen LogP contribution in [-0.2, 0) is 9.59 Å². The van der Waals surface area contributed by atoms with E-state index in [2.05, 4.69) is 44.1 Å². The van der Waals surface area contributed by atoms with Gasteiger partial charge in [-0.3, -0.25) is 0 Å². The van der Waals surface area contributed by atoms with Crippen LogP contribution in [0.1, 0.15) is 79.1 Å². The fourth-order valence-electron chi connectivity index (χ4n) is 3.69. The Morgan fingerprint density at radius 2 is 1.29 bits per heavy atom. The second kappa shape index (κ2) is 18.0. The summed E-state index contributed by atoms with van der Waals surface area (Å²) in [6.45, 7) is 17.6. The van der Waals surface area contributed by atoms with Gasteiger partial charge in [0.1, 0.15) is 0 Å². The number of carboxylic acid groups (broad SMARTS) is 2. The first-order valence-electron chi connectivity index (χ1n) is 12.1. The third-order valence-corrected chi connectivity index (χ3v) is 5.59. The summed E-state index contributed by atoms with van der Waals surface area (Å²) in [7, 11) is 0. The first-order valence-corrected chi connectivity index (χ1v) is 12.1. The highest BCUT2D eigenvalue weighted by molar-refractivity contribution is 5.89. The van der Waals surface area contributed by atoms with Crippen molar-refractivity contribution in [2.75, 3.05) is 39.3 Å². The predicted octanol–water partition coefficient (Wildman–Crippen LogP) is 5.06. The van der Waals surface area contributed by atoms with E-state index in [0.29, 0.717) is 25.0 Å². The molecule has 31 heavy (non-hydrogen) atoms. The summed E-state index contributed by atoms with van der Waals surface area (Å²) in [6.07, 6.45) is 9.10. The maximum atomic E-state index is 11.9. The van der Waals surface area contributed by atoms with Gasteiger partial charge in [0.2, 0.25) is 0 Å². The van der Waals surface area contributed by atoms with Gasteiger partial charge in [-0.05, 0) is 71.2 Å². The fraction of sp³-hybridized carbons (Fsp3) is 0.760. The normalized spacial score (nSPS) is 13.0. The highest BCUT2D eigenvalue weighted by atomic mass is 16.4. The Labute approximate surface area is 190 Å². The molecule has 0 rings (SSSR count). The highest BCUT2D eigenvalue weighted by Crippen LogP contribution is 2.21. The molecule has 0 radical (unpaired) electrons. The molecular weight excluding hydrogens is 392 g/mol. The maximum Gasteiger partial charge on any atom is 0.331 e. The molecule has 1 atom stereocenters. The van der Waals surface area contributed by atoms with E-state index in [9.17, 15) is 19.8 Å². The van der Waals surface area contributed by atoms with Crippen molar-refractivity contribution in [1.82, 2.24) is 9.80 Å². The number of aliphatic carboxylic acids is 2. The van der Waals surface area contributed by atoms with E-state index in [1.54, 1.807) is 6.08 Å². The monoisotopic (exact) mass is 438 g/mol. The van der Waals surface area contributed by atoms with Crippen molar-refractivity contribution in [3.05, 3.63) is 23.8 Å². The summed E-state index contributed by atoms with van der Waals surface area (Å²) < 4.78 is 0. The van der Waals surface area contributed by atoms with Crippen LogP contribution in [0.25, 0.3) is 0 Å². The lowest BCUT2D eigenvalue weighted by atomic mass is 9.92. The Morgan fingerprint density at radius 1 is 0.774 bits per heavy atom. The molecule has 1 unspecified atom stereocenters. The van der Waals surface area contributed by atoms with Gasteiger partial charge < -0.3 is 20.0 Å². The third-order valence-electron chi connectivity index (χ3n) is 5.59. The van der Waals surface area contributed by atoms with Gasteiger partial charge in [0.15, 0.2) is 0 Å². The lowest BCUT2D eigenvalue weighted by molar-refractivity contribution is -0.134. The summed E-state index contributed by atoms with van der Waals surface area (Å²) in [4.78, 5) is 28.2. The van der Waals surface area contributed by atoms with Gasteiger partial charge in [-0.25, -0.2) is 9.59 Å². The summed E-state index contributed by atoms with van der Waals surface area (Å²) in [5, 5.41) is 19.3. The topological polar surface area (TPSA) is 81.1 Å². The number of carbonyl (C=O) groups is 2. The standard InChI is InChI=1S/C25H46N2O4/c1-6-10-16-27(17-11-7-2)19-13-23(25(30)31)20-22(21(5)24(28)29)12-18-26(14-8-3)15-9-4/h20,22H,5-19H2,1-4H3,(H,28,29)(H,30,31). The van der Waals surface area contributed by atoms with Crippen LogP contribution in [0, 0.1) is 5.92 Å². The number of hydrogen-bond donors (Lipinski definition) is 2. The van der Waals surface area contributed by atoms with Crippen LogP contribution in [0.15, 0.2) is 23.8 Å². The van der Waals surface area contributed by atoms with Crippen molar-refractivity contribution in [3.8, 4) is 0 Å². The number of hydrogen-bond acceptors (Lipinski definition) is 4. The summed E-state index contributed by atoms with van der Waals surface area (Å²) in [6, 6.07) is 0. The van der Waals surface area contributed by atoms with Crippen LogP contribution >= 0.6 is 0 Å². The number of nitrogens with zero attached hydrogens (tertiary/aromatic N) is 2. The zero-order valence-corrected chi connectivity index (χ0v) is 20.4. The first-order chi connectivity index (χ1) is 14.8. The lowest BCUT2D eigenvalue weighted by Crippen LogP contribution is -2.29. The van der Waals surface area contributed by atoms with E-state index in [0.717, 1.165) is 71.2 Å². The molecule has 6 nitrogen and oxygen atoms in total. The molecule has 0 fully saturated rings. The van der Waals surface area contributed by atoms with Gasteiger partial charge in [0, 0.05) is 23.6 Å². The number of unbranched alkanes of at least 4 members (excludes halogenated alkanes) is 2. The molecule has 6 heteroatoms. The zero-order valence-electron chi connectivity index (χ0n) is 20.4. The molecule has 0 aromatic heterocycles. The minimum absolute atomic E-state index is 0.0699. The van der Waals surface area contributed by atoms with Crippen molar-refractivity contribution in [3.63, 3.8) is 0 Å². The van der Waals surface area contributed by atoms with Crippen LogP contribution in [0.4, 0.5) is 0 Å². The van der Waals surface area contributed by atoms with E-state index < -0.39 is 17.9 Å². The Hall–Kier alpha value is -1.66. The van der Waals surface area contributed by atoms with Gasteiger partial charge in [0.25, 0.3) is 0 Å². The molecule has 0 aliphatic rings. The molecule has 0 spiro atoms. The number of rotatable bonds is 20. The van der Waals surface area contributed by atoms with Gasteiger partial charge in [-0.15, -0.1) is 0 Å². The van der Waals surface area contributed by atoms with Crippen LogP contribution < -0.4 is 0 Å². The molecule has 180 valence electrons. The molecule has 0 amide bonds. The Kier molecular flexibility index (Phi) is 17.0. The molecule has 0 saturated heterocycles. The van der Waals surface area contributed by atoms with Crippen LogP contribution in [-0.4, -0.2) is 71.2 Å². The summed E-state index contributed by atoms with van der Waals surface area (Å²) in [5.74, 6) is -2.50. The SMILES string of the molecule is C=C(C(=O)O)C(C=C(CCN(CCCC)CCCC)C(=O)O)CCN(CCC)CCC. The second-order valence-electron chi connectivity index (χ2n) is 8.36. The molecule has 0 aliphatic carbocycles. The average Bonchev–Trinajstić information content (AvgIpc) is 2.73. The maximum absolute atomic E-state index is 11.9. The van der Waals surface area contributed by atoms with Crippen LogP contribution in [0.2, 0.25) is 0 Å². The van der Waals surface area contributed by atoms with Gasteiger partial charge >= 0.3 is 11.9 Å². The number of allylic oxidation sites excluding steroid dienone is 1. The molecule has 0 aromatic carbocycles. The molecule has 0 aromatic rings. The van der Waals surface area contributed by atoms with Crippen molar-refractivity contribution in [1.29, 1.82) is 0 Å². The Bertz CT molecular complexity index is 546. The first kappa shape index (κ1) is 29.3. The van der Waals surface area contributed by atoms with Crippen molar-refractivity contribution >= 4 is 11.9 Å². The van der Waals surface area contributed by atoms with E-state index >= 15 is 0 Å². The van der Waals surface area contributed by atoms with E-state index in [1.165, 1.54) is 0 Å². The molecular formula is C25H46N2O4. The van der Waals surface area contributed by atoms with Crippen molar-refractivity contribution in [2.45, 2.75) is 79.1 Å². The highest BCUT2D eigenvalue weighted by Gasteiger charge is 2.21. The lowest BCUT2D eigenvalue weighted by Gasteiger charge is -2.24. The molecule has 2 N–H and O–H groups in total. The zero-order chi connectivity index (χ0) is 23.6. The quantitative estimate of drug-likeness (QED) is 0.259. The Balaban J connectivity index is 5.38. The minimum Gasteiger partial charge on any atom is -0.478 e. The number of carboxylic acids is 2. The van der Waals surface area contributed by atoms with E-state index in [-0.39, 0.29) is 5.57 Å². The average molecular weight is 439 g/mol. The Morgan fingerprint density at radius 3 is 1.71 bits per heavy atom. The van der Waals surface area contributed by atoms with Crippen molar-refractivity contribution < 1.29 is 19.8 Å². The van der Waals surface area contributed by atoms with Gasteiger partial charge in [-0.1, -0.05) is 53.2 Å². The largest absolute Gasteiger partial charge is 0.478 e. The molecule has 0 heterocycles. The van der Waals surface area contributed by atoms with Gasteiger partial charge in [-0.2, -0.15) is 0 Å². The summed E-state index contributed by atoms with van der Waals surface area (Å²) in [5.41, 5.74) is 0.364. The van der Waals surface area contributed by atoms with Crippen molar-refractivity contribution in [2.24, 2.45) is 5.92 Å².